The average molecular weight is 305 g/mol. The molecule has 1 aliphatic rings. The summed E-state index contributed by atoms with van der Waals surface area (Å²) in [5, 5.41) is 3.48. The molecule has 2 heterocycles. The van der Waals surface area contributed by atoms with Crippen LogP contribution in [0.15, 0.2) is 4.42 Å². The van der Waals surface area contributed by atoms with Crippen LogP contribution >= 0.6 is 11.3 Å². The zero-order valence-corrected chi connectivity index (χ0v) is 13.6. The third-order valence-electron chi connectivity index (χ3n) is 3.89. The highest BCUT2D eigenvalue weighted by Gasteiger charge is 2.34. The first-order valence-corrected chi connectivity index (χ1v) is 8.00. The van der Waals surface area contributed by atoms with Crippen LogP contribution in [0.25, 0.3) is 0 Å². The lowest BCUT2D eigenvalue weighted by Crippen LogP contribution is -2.15. The Hall–Kier alpha value is -1.69. The number of hydrogen-bond donors (Lipinski definition) is 1. The van der Waals surface area contributed by atoms with Crippen molar-refractivity contribution in [3.63, 3.8) is 0 Å². The smallest absolute Gasteiger partial charge is 0.295 e. The van der Waals surface area contributed by atoms with Gasteiger partial charge in [-0.05, 0) is 19.8 Å². The Kier molecular flexibility index (Phi) is 3.36. The predicted octanol–water partition coefficient (Wildman–Crippen LogP) is 3.48. The number of oxazole rings is 1. The zero-order valence-electron chi connectivity index (χ0n) is 12.7. The van der Waals surface area contributed by atoms with Crippen molar-refractivity contribution in [1.82, 2.24) is 9.97 Å². The molecule has 0 aromatic carbocycles. The van der Waals surface area contributed by atoms with Gasteiger partial charge in [-0.25, -0.2) is 9.97 Å². The van der Waals surface area contributed by atoms with Gasteiger partial charge in [0.2, 0.25) is 5.76 Å². The van der Waals surface area contributed by atoms with E-state index in [1.165, 1.54) is 4.88 Å². The van der Waals surface area contributed by atoms with Crippen LogP contribution in [0.1, 0.15) is 59.9 Å². The number of aryl methyl sites for hydroxylation is 3. The topological polar surface area (TPSA) is 68.0 Å². The molecule has 1 aliphatic carbocycles. The fraction of sp³-hybridized carbons (Fsp3) is 0.533. The van der Waals surface area contributed by atoms with Crippen LogP contribution in [0.2, 0.25) is 0 Å². The molecule has 6 heteroatoms. The molecule has 0 aliphatic heterocycles. The van der Waals surface area contributed by atoms with E-state index in [4.69, 9.17) is 4.42 Å². The molecule has 1 amide bonds. The Bertz CT molecular complexity index is 700. The van der Waals surface area contributed by atoms with E-state index >= 15 is 0 Å². The van der Waals surface area contributed by atoms with E-state index in [1.807, 2.05) is 6.92 Å². The van der Waals surface area contributed by atoms with Crippen LogP contribution in [0.5, 0.6) is 0 Å². The van der Waals surface area contributed by atoms with Gasteiger partial charge in [-0.2, -0.15) is 0 Å². The number of hydrogen-bond acceptors (Lipinski definition) is 5. The maximum Gasteiger partial charge on any atom is 0.295 e. The Morgan fingerprint density at radius 1 is 1.43 bits per heavy atom. The predicted molar refractivity (Wildman–Crippen MR) is 82.0 cm³/mol. The van der Waals surface area contributed by atoms with E-state index in [0.29, 0.717) is 23.1 Å². The number of carbonyl (C=O) groups excluding carboxylic acids is 1. The average Bonchev–Trinajstić information content (AvgIpc) is 3.06. The van der Waals surface area contributed by atoms with E-state index in [0.717, 1.165) is 18.5 Å². The van der Waals surface area contributed by atoms with Crippen LogP contribution < -0.4 is 5.32 Å². The molecule has 5 nitrogen and oxygen atoms in total. The van der Waals surface area contributed by atoms with Crippen molar-refractivity contribution in [1.29, 1.82) is 0 Å². The quantitative estimate of drug-likeness (QED) is 0.942. The number of aromatic nitrogens is 2. The second kappa shape index (κ2) is 4.94. The van der Waals surface area contributed by atoms with E-state index in [-0.39, 0.29) is 17.1 Å². The largest absolute Gasteiger partial charge is 0.435 e. The van der Waals surface area contributed by atoms with E-state index in [2.05, 4.69) is 29.1 Å². The van der Waals surface area contributed by atoms with Crippen molar-refractivity contribution >= 4 is 22.4 Å². The van der Waals surface area contributed by atoms with Crippen molar-refractivity contribution in [3.05, 3.63) is 27.9 Å². The second-order valence-electron chi connectivity index (χ2n) is 6.00. The van der Waals surface area contributed by atoms with Crippen molar-refractivity contribution in [2.24, 2.45) is 0 Å². The van der Waals surface area contributed by atoms with Gasteiger partial charge >= 0.3 is 0 Å². The van der Waals surface area contributed by atoms with Crippen LogP contribution in [0.3, 0.4) is 0 Å². The summed E-state index contributed by atoms with van der Waals surface area (Å²) in [6, 6.07) is 0. The van der Waals surface area contributed by atoms with E-state index in [1.54, 1.807) is 18.3 Å². The molecule has 1 N–H and O–H groups in total. The Labute approximate surface area is 127 Å². The van der Waals surface area contributed by atoms with Crippen LogP contribution in [0, 0.1) is 6.92 Å². The summed E-state index contributed by atoms with van der Waals surface area (Å²) in [7, 11) is 0. The van der Waals surface area contributed by atoms with Gasteiger partial charge in [0, 0.05) is 16.7 Å². The first-order valence-electron chi connectivity index (χ1n) is 7.18. The number of fused-ring (bicyclic) bond motifs is 1. The van der Waals surface area contributed by atoms with Crippen LogP contribution in [0.4, 0.5) is 5.13 Å². The van der Waals surface area contributed by atoms with Crippen molar-refractivity contribution in [2.75, 3.05) is 5.32 Å². The van der Waals surface area contributed by atoms with E-state index in [9.17, 15) is 4.79 Å². The molecule has 0 radical (unpaired) electrons. The highest BCUT2D eigenvalue weighted by molar-refractivity contribution is 7.16. The lowest BCUT2D eigenvalue weighted by Gasteiger charge is -2.15. The molecule has 0 atom stereocenters. The van der Waals surface area contributed by atoms with Crippen molar-refractivity contribution in [3.8, 4) is 0 Å². The third kappa shape index (κ3) is 2.48. The number of carbonyl (C=O) groups is 1. The fourth-order valence-electron chi connectivity index (χ4n) is 2.62. The summed E-state index contributed by atoms with van der Waals surface area (Å²) in [5.74, 6) is 0.590. The zero-order chi connectivity index (χ0) is 15.2. The Balaban J connectivity index is 1.81. The van der Waals surface area contributed by atoms with Gasteiger partial charge in [0.05, 0.1) is 11.4 Å². The molecule has 3 rings (SSSR count). The van der Waals surface area contributed by atoms with E-state index < -0.39 is 0 Å². The summed E-state index contributed by atoms with van der Waals surface area (Å²) in [6.07, 6.45) is 2.83. The summed E-state index contributed by atoms with van der Waals surface area (Å²) in [6.45, 7) is 8.11. The number of amides is 1. The molecule has 0 unspecified atom stereocenters. The van der Waals surface area contributed by atoms with Gasteiger partial charge < -0.3 is 4.42 Å². The maximum atomic E-state index is 12.3. The second-order valence-corrected chi connectivity index (χ2v) is 7.09. The molecular formula is C15H19N3O2S. The molecule has 0 saturated heterocycles. The normalized spacial score (nSPS) is 16.0. The van der Waals surface area contributed by atoms with Crippen LogP contribution in [-0.4, -0.2) is 15.9 Å². The van der Waals surface area contributed by atoms with Gasteiger partial charge in [-0.3, -0.25) is 10.1 Å². The van der Waals surface area contributed by atoms with Crippen molar-refractivity contribution in [2.45, 2.75) is 52.4 Å². The minimum atomic E-state index is -0.273. The molecule has 0 bridgehead atoms. The fourth-order valence-corrected chi connectivity index (χ4v) is 3.75. The van der Waals surface area contributed by atoms with Gasteiger partial charge in [0.15, 0.2) is 11.0 Å². The highest BCUT2D eigenvalue weighted by Crippen LogP contribution is 2.42. The molecular weight excluding hydrogens is 286 g/mol. The summed E-state index contributed by atoms with van der Waals surface area (Å²) in [4.78, 5) is 22.4. The molecule has 0 fully saturated rings. The van der Waals surface area contributed by atoms with Gasteiger partial charge in [-0.1, -0.05) is 20.8 Å². The minimum Gasteiger partial charge on any atom is -0.435 e. The number of nitrogens with zero attached hydrogens (tertiary/aromatic N) is 2. The molecule has 0 spiro atoms. The van der Waals surface area contributed by atoms with Gasteiger partial charge in [-0.15, -0.1) is 11.3 Å². The number of thiazole rings is 1. The van der Waals surface area contributed by atoms with Gasteiger partial charge in [0.25, 0.3) is 5.91 Å². The molecule has 112 valence electrons. The summed E-state index contributed by atoms with van der Waals surface area (Å²) >= 11 is 1.56. The third-order valence-corrected chi connectivity index (χ3v) is 4.92. The molecule has 21 heavy (non-hydrogen) atoms. The first kappa shape index (κ1) is 14.3. The molecule has 2 aromatic heterocycles. The Morgan fingerprint density at radius 3 is 2.81 bits per heavy atom. The van der Waals surface area contributed by atoms with Crippen LogP contribution in [-0.2, 0) is 18.3 Å². The number of nitrogens with one attached hydrogen (secondary N) is 1. The standard InChI is InChI=1S/C15H19N3O2S/c1-5-10-16-8(2)11(20-10)13(19)18-14-17-12-9(21-14)6-7-15(12,3)4/h5-7H2,1-4H3,(H,17,18,19). The lowest BCUT2D eigenvalue weighted by molar-refractivity contribution is 0.0994. The Morgan fingerprint density at radius 2 is 2.19 bits per heavy atom. The minimum absolute atomic E-state index is 0.104. The number of anilines is 1. The monoisotopic (exact) mass is 305 g/mol. The van der Waals surface area contributed by atoms with Crippen molar-refractivity contribution < 1.29 is 9.21 Å². The summed E-state index contributed by atoms with van der Waals surface area (Å²) in [5.41, 5.74) is 1.84. The van der Waals surface area contributed by atoms with Gasteiger partial charge in [0.1, 0.15) is 0 Å². The molecule has 2 aromatic rings. The highest BCUT2D eigenvalue weighted by atomic mass is 32.1. The SMILES string of the molecule is CCc1nc(C)c(C(=O)Nc2nc3c(s2)CCC3(C)C)o1. The maximum absolute atomic E-state index is 12.3. The molecule has 0 saturated carbocycles. The first-order chi connectivity index (χ1) is 9.90. The number of rotatable bonds is 3. The summed E-state index contributed by atoms with van der Waals surface area (Å²) < 4.78 is 5.47. The lowest BCUT2D eigenvalue weighted by atomic mass is 9.91.